The molecule has 2 N–H and O–H groups in total. The van der Waals surface area contributed by atoms with Crippen molar-refractivity contribution in [2.24, 2.45) is 10.9 Å². The quantitative estimate of drug-likeness (QED) is 0.395. The second-order valence-electron chi connectivity index (χ2n) is 5.73. The average molecular weight is 321 g/mol. The summed E-state index contributed by atoms with van der Waals surface area (Å²) in [6, 6.07) is 8.08. The first-order chi connectivity index (χ1) is 11.2. The lowest BCUT2D eigenvalue weighted by molar-refractivity contribution is 0.128. The number of ether oxygens (including phenoxy) is 2. The number of rotatable bonds is 10. The second kappa shape index (κ2) is 11.8. The molecule has 23 heavy (non-hydrogen) atoms. The standard InChI is InChI=1S/C18H31N3O2/c1-5-23-17-8-6-7-16(13-17)14-21-18(19-4)20-10-12-22-11-9-15(2)3/h6-8,13,15H,5,9-12,14H2,1-4H3,(H2,19,20,21). The largest absolute Gasteiger partial charge is 0.494 e. The molecule has 0 aliphatic heterocycles. The number of benzene rings is 1. The van der Waals surface area contributed by atoms with Gasteiger partial charge in [-0.3, -0.25) is 4.99 Å². The second-order valence-corrected chi connectivity index (χ2v) is 5.73. The van der Waals surface area contributed by atoms with Gasteiger partial charge in [-0.1, -0.05) is 26.0 Å². The lowest BCUT2D eigenvalue weighted by Crippen LogP contribution is -2.38. The van der Waals surface area contributed by atoms with Gasteiger partial charge in [0.25, 0.3) is 0 Å². The van der Waals surface area contributed by atoms with Crippen molar-refractivity contribution in [3.05, 3.63) is 29.8 Å². The average Bonchev–Trinajstić information content (AvgIpc) is 2.54. The molecule has 0 radical (unpaired) electrons. The van der Waals surface area contributed by atoms with Gasteiger partial charge in [-0.05, 0) is 37.0 Å². The van der Waals surface area contributed by atoms with E-state index in [0.29, 0.717) is 25.7 Å². The van der Waals surface area contributed by atoms with Gasteiger partial charge in [0.05, 0.1) is 13.2 Å². The highest BCUT2D eigenvalue weighted by Gasteiger charge is 2.00. The fraction of sp³-hybridized carbons (Fsp3) is 0.611. The van der Waals surface area contributed by atoms with Crippen molar-refractivity contribution in [2.45, 2.75) is 33.7 Å². The molecule has 0 aliphatic carbocycles. The molecule has 5 nitrogen and oxygen atoms in total. The lowest BCUT2D eigenvalue weighted by atomic mass is 10.1. The van der Waals surface area contributed by atoms with Crippen molar-refractivity contribution in [1.29, 1.82) is 0 Å². The molecule has 0 bridgehead atoms. The molecule has 0 atom stereocenters. The number of hydrogen-bond donors (Lipinski definition) is 2. The summed E-state index contributed by atoms with van der Waals surface area (Å²) in [5.41, 5.74) is 1.16. The van der Waals surface area contributed by atoms with E-state index in [4.69, 9.17) is 9.47 Å². The maximum Gasteiger partial charge on any atom is 0.191 e. The molecule has 0 aromatic heterocycles. The number of nitrogens with one attached hydrogen (secondary N) is 2. The van der Waals surface area contributed by atoms with Crippen molar-refractivity contribution in [3.63, 3.8) is 0 Å². The number of nitrogens with zero attached hydrogens (tertiary/aromatic N) is 1. The first kappa shape index (κ1) is 19.3. The van der Waals surface area contributed by atoms with E-state index >= 15 is 0 Å². The van der Waals surface area contributed by atoms with Crippen LogP contribution in [0.3, 0.4) is 0 Å². The SMILES string of the molecule is CCOc1cccc(CNC(=NC)NCCOCCC(C)C)c1. The fourth-order valence-electron chi connectivity index (χ4n) is 1.98. The predicted molar refractivity (Wildman–Crippen MR) is 96.1 cm³/mol. The molecule has 0 spiro atoms. The van der Waals surface area contributed by atoms with Crippen LogP contribution in [0, 0.1) is 5.92 Å². The van der Waals surface area contributed by atoms with Gasteiger partial charge in [-0.15, -0.1) is 0 Å². The molecule has 0 aliphatic rings. The van der Waals surface area contributed by atoms with Crippen LogP contribution >= 0.6 is 0 Å². The van der Waals surface area contributed by atoms with Crippen LogP contribution in [0.4, 0.5) is 0 Å². The molecule has 0 unspecified atom stereocenters. The van der Waals surface area contributed by atoms with E-state index in [1.54, 1.807) is 7.05 Å². The fourth-order valence-corrected chi connectivity index (χ4v) is 1.98. The van der Waals surface area contributed by atoms with Crippen LogP contribution in [0.15, 0.2) is 29.3 Å². The molecule has 130 valence electrons. The Kier molecular flexibility index (Phi) is 9.87. The molecular weight excluding hydrogens is 290 g/mol. The molecule has 0 amide bonds. The zero-order valence-corrected chi connectivity index (χ0v) is 14.9. The first-order valence-electron chi connectivity index (χ1n) is 8.39. The molecule has 5 heteroatoms. The zero-order valence-electron chi connectivity index (χ0n) is 14.9. The maximum absolute atomic E-state index is 5.58. The van der Waals surface area contributed by atoms with Crippen molar-refractivity contribution >= 4 is 5.96 Å². The Balaban J connectivity index is 2.25. The monoisotopic (exact) mass is 321 g/mol. The van der Waals surface area contributed by atoms with E-state index in [1.165, 1.54) is 0 Å². The van der Waals surface area contributed by atoms with Gasteiger partial charge in [0.1, 0.15) is 5.75 Å². The topological polar surface area (TPSA) is 54.9 Å². The van der Waals surface area contributed by atoms with E-state index in [9.17, 15) is 0 Å². The van der Waals surface area contributed by atoms with Gasteiger partial charge in [-0.25, -0.2) is 0 Å². The Morgan fingerprint density at radius 3 is 2.74 bits per heavy atom. The summed E-state index contributed by atoms with van der Waals surface area (Å²) in [5.74, 6) is 2.36. The zero-order chi connectivity index (χ0) is 16.9. The summed E-state index contributed by atoms with van der Waals surface area (Å²) >= 11 is 0. The van der Waals surface area contributed by atoms with E-state index in [1.807, 2.05) is 25.1 Å². The van der Waals surface area contributed by atoms with Crippen molar-refractivity contribution in [2.75, 3.05) is 33.4 Å². The Hall–Kier alpha value is -1.75. The van der Waals surface area contributed by atoms with Crippen LogP contribution in [0.25, 0.3) is 0 Å². The number of hydrogen-bond acceptors (Lipinski definition) is 3. The van der Waals surface area contributed by atoms with E-state index in [-0.39, 0.29) is 0 Å². The minimum Gasteiger partial charge on any atom is -0.494 e. The highest BCUT2D eigenvalue weighted by Crippen LogP contribution is 2.12. The molecule has 0 heterocycles. The Bertz CT molecular complexity index is 461. The number of aliphatic imine (C=N–C) groups is 1. The summed E-state index contributed by atoms with van der Waals surface area (Å²) in [6.07, 6.45) is 1.10. The third kappa shape index (κ3) is 9.08. The molecule has 1 aromatic rings. The van der Waals surface area contributed by atoms with Crippen LogP contribution < -0.4 is 15.4 Å². The third-order valence-corrected chi connectivity index (χ3v) is 3.27. The van der Waals surface area contributed by atoms with Crippen LogP contribution in [0.1, 0.15) is 32.8 Å². The Morgan fingerprint density at radius 2 is 2.04 bits per heavy atom. The van der Waals surface area contributed by atoms with Crippen LogP contribution in [-0.2, 0) is 11.3 Å². The van der Waals surface area contributed by atoms with Crippen LogP contribution in [0.5, 0.6) is 5.75 Å². The molecule has 1 aromatic carbocycles. The molecule has 0 saturated carbocycles. The molecule has 1 rings (SSSR count). The molecular formula is C18H31N3O2. The normalized spacial score (nSPS) is 11.6. The minimum atomic E-state index is 0.677. The van der Waals surface area contributed by atoms with E-state index in [2.05, 4.69) is 35.5 Å². The summed E-state index contributed by atoms with van der Waals surface area (Å²) < 4.78 is 11.1. The smallest absolute Gasteiger partial charge is 0.191 e. The van der Waals surface area contributed by atoms with Gasteiger partial charge in [-0.2, -0.15) is 0 Å². The van der Waals surface area contributed by atoms with Crippen molar-refractivity contribution in [3.8, 4) is 5.75 Å². The predicted octanol–water partition coefficient (Wildman–Crippen LogP) is 2.81. The maximum atomic E-state index is 5.58. The third-order valence-electron chi connectivity index (χ3n) is 3.27. The van der Waals surface area contributed by atoms with E-state index in [0.717, 1.165) is 36.8 Å². The summed E-state index contributed by atoms with van der Waals surface area (Å²) in [4.78, 5) is 4.22. The minimum absolute atomic E-state index is 0.677. The van der Waals surface area contributed by atoms with Gasteiger partial charge in [0, 0.05) is 26.7 Å². The van der Waals surface area contributed by atoms with Crippen LogP contribution in [-0.4, -0.2) is 39.4 Å². The summed E-state index contributed by atoms with van der Waals surface area (Å²) in [6.45, 7) is 10.0. The summed E-state index contributed by atoms with van der Waals surface area (Å²) in [7, 11) is 1.77. The molecule has 0 saturated heterocycles. The van der Waals surface area contributed by atoms with Gasteiger partial charge < -0.3 is 20.1 Å². The lowest BCUT2D eigenvalue weighted by Gasteiger charge is -2.13. The highest BCUT2D eigenvalue weighted by atomic mass is 16.5. The Morgan fingerprint density at radius 1 is 1.22 bits per heavy atom. The van der Waals surface area contributed by atoms with Crippen molar-refractivity contribution in [1.82, 2.24) is 10.6 Å². The molecule has 0 fully saturated rings. The number of guanidine groups is 1. The Labute approximate surface area is 140 Å². The van der Waals surface area contributed by atoms with E-state index < -0.39 is 0 Å². The first-order valence-corrected chi connectivity index (χ1v) is 8.39. The van der Waals surface area contributed by atoms with Gasteiger partial charge >= 0.3 is 0 Å². The van der Waals surface area contributed by atoms with Crippen molar-refractivity contribution < 1.29 is 9.47 Å². The van der Waals surface area contributed by atoms with Gasteiger partial charge in [0.15, 0.2) is 5.96 Å². The van der Waals surface area contributed by atoms with Crippen LogP contribution in [0.2, 0.25) is 0 Å². The van der Waals surface area contributed by atoms with Gasteiger partial charge in [0.2, 0.25) is 0 Å². The summed E-state index contributed by atoms with van der Waals surface area (Å²) in [5, 5.41) is 6.54. The highest BCUT2D eigenvalue weighted by molar-refractivity contribution is 5.79.